The lowest BCUT2D eigenvalue weighted by atomic mass is 9.97. The zero-order valence-electron chi connectivity index (χ0n) is 13.7. The number of anilines is 2. The fourth-order valence-corrected chi connectivity index (χ4v) is 2.76. The van der Waals surface area contributed by atoms with E-state index in [1.165, 1.54) is 0 Å². The van der Waals surface area contributed by atoms with Crippen molar-refractivity contribution in [3.63, 3.8) is 0 Å². The first kappa shape index (κ1) is 16.5. The first-order valence-corrected chi connectivity index (χ1v) is 8.05. The number of hydrogen-bond acceptors (Lipinski definition) is 5. The summed E-state index contributed by atoms with van der Waals surface area (Å²) in [7, 11) is 2.05. The molecule has 0 amide bonds. The summed E-state index contributed by atoms with van der Waals surface area (Å²) >= 11 is 0. The monoisotopic (exact) mass is 306 g/mol. The van der Waals surface area contributed by atoms with Crippen molar-refractivity contribution in [2.75, 3.05) is 36.5 Å². The lowest BCUT2D eigenvalue weighted by molar-refractivity contribution is -0.142. The van der Waals surface area contributed by atoms with Crippen molar-refractivity contribution in [1.29, 1.82) is 0 Å². The normalized spacial score (nSPS) is 15.9. The van der Waals surface area contributed by atoms with Crippen LogP contribution in [-0.2, 0) is 4.79 Å². The van der Waals surface area contributed by atoms with Crippen molar-refractivity contribution < 1.29 is 9.90 Å². The molecular weight excluding hydrogens is 280 g/mol. The average molecular weight is 306 g/mol. The van der Waals surface area contributed by atoms with E-state index in [2.05, 4.69) is 33.7 Å². The van der Waals surface area contributed by atoms with Gasteiger partial charge in [0.15, 0.2) is 0 Å². The third kappa shape index (κ3) is 4.08. The summed E-state index contributed by atoms with van der Waals surface area (Å²) in [6.45, 7) is 6.55. The maximum atomic E-state index is 11.0. The Morgan fingerprint density at radius 2 is 2.09 bits per heavy atom. The molecule has 0 aliphatic carbocycles. The van der Waals surface area contributed by atoms with Crippen molar-refractivity contribution >= 4 is 17.6 Å². The molecule has 0 saturated carbocycles. The van der Waals surface area contributed by atoms with Gasteiger partial charge < -0.3 is 14.9 Å². The highest BCUT2D eigenvalue weighted by atomic mass is 16.4. The molecule has 1 saturated heterocycles. The predicted molar refractivity (Wildman–Crippen MR) is 87.5 cm³/mol. The van der Waals surface area contributed by atoms with E-state index in [0.717, 1.165) is 49.9 Å². The molecule has 0 unspecified atom stereocenters. The molecule has 22 heavy (non-hydrogen) atoms. The SMILES string of the molecule is CCCCN(C)c1cc(N2CCC(C(=O)O)CC2)nc(C)n1. The number of hydrogen-bond donors (Lipinski definition) is 1. The highest BCUT2D eigenvalue weighted by Crippen LogP contribution is 2.24. The number of carboxylic acid groups (broad SMARTS) is 1. The number of nitrogens with zero attached hydrogens (tertiary/aromatic N) is 4. The van der Waals surface area contributed by atoms with Gasteiger partial charge in [-0.05, 0) is 26.2 Å². The number of aryl methyl sites for hydroxylation is 1. The topological polar surface area (TPSA) is 69.6 Å². The fraction of sp³-hybridized carbons (Fsp3) is 0.688. The van der Waals surface area contributed by atoms with Crippen molar-refractivity contribution in [3.8, 4) is 0 Å². The van der Waals surface area contributed by atoms with Gasteiger partial charge in [-0.3, -0.25) is 4.79 Å². The molecule has 122 valence electrons. The van der Waals surface area contributed by atoms with E-state index in [-0.39, 0.29) is 5.92 Å². The Balaban J connectivity index is 2.08. The smallest absolute Gasteiger partial charge is 0.306 e. The summed E-state index contributed by atoms with van der Waals surface area (Å²) in [5, 5.41) is 9.09. The van der Waals surface area contributed by atoms with Gasteiger partial charge in [-0.25, -0.2) is 9.97 Å². The van der Waals surface area contributed by atoms with Crippen LogP contribution in [0.4, 0.5) is 11.6 Å². The molecule has 1 aliphatic rings. The molecule has 0 spiro atoms. The quantitative estimate of drug-likeness (QED) is 0.870. The van der Waals surface area contributed by atoms with Crippen LogP contribution >= 0.6 is 0 Å². The summed E-state index contributed by atoms with van der Waals surface area (Å²) in [4.78, 5) is 24.4. The molecule has 1 N–H and O–H groups in total. The Bertz CT molecular complexity index is 513. The van der Waals surface area contributed by atoms with E-state index in [9.17, 15) is 4.79 Å². The molecule has 6 nitrogen and oxygen atoms in total. The number of piperidine rings is 1. The van der Waals surface area contributed by atoms with Crippen LogP contribution in [0, 0.1) is 12.8 Å². The van der Waals surface area contributed by atoms with Crippen LogP contribution in [0.2, 0.25) is 0 Å². The molecular formula is C16H26N4O2. The van der Waals surface area contributed by atoms with Crippen molar-refractivity contribution in [3.05, 3.63) is 11.9 Å². The van der Waals surface area contributed by atoms with Gasteiger partial charge in [0.2, 0.25) is 0 Å². The van der Waals surface area contributed by atoms with Crippen molar-refractivity contribution in [2.24, 2.45) is 5.92 Å². The number of rotatable bonds is 6. The molecule has 1 aromatic heterocycles. The number of unbranched alkanes of at least 4 members (excludes halogenated alkanes) is 1. The minimum Gasteiger partial charge on any atom is -0.481 e. The lowest BCUT2D eigenvalue weighted by Gasteiger charge is -2.31. The van der Waals surface area contributed by atoms with Gasteiger partial charge in [-0.15, -0.1) is 0 Å². The van der Waals surface area contributed by atoms with E-state index in [4.69, 9.17) is 5.11 Å². The summed E-state index contributed by atoms with van der Waals surface area (Å²) in [5.74, 6) is 1.71. The predicted octanol–water partition coefficient (Wildman–Crippen LogP) is 2.32. The first-order valence-electron chi connectivity index (χ1n) is 8.05. The maximum Gasteiger partial charge on any atom is 0.306 e. The second kappa shape index (κ2) is 7.42. The minimum absolute atomic E-state index is 0.217. The molecule has 1 aromatic rings. The number of aromatic nitrogens is 2. The molecule has 6 heteroatoms. The molecule has 2 rings (SSSR count). The number of aliphatic carboxylic acids is 1. The van der Waals surface area contributed by atoms with Gasteiger partial charge in [0.1, 0.15) is 17.5 Å². The van der Waals surface area contributed by atoms with Crippen LogP contribution in [0.15, 0.2) is 6.07 Å². The third-order valence-electron chi connectivity index (χ3n) is 4.22. The standard InChI is InChI=1S/C16H26N4O2/c1-4-5-8-19(3)14-11-15(18-12(2)17-14)20-9-6-13(7-10-20)16(21)22/h11,13H,4-10H2,1-3H3,(H,21,22). The van der Waals surface area contributed by atoms with Crippen LogP contribution in [0.25, 0.3) is 0 Å². The van der Waals surface area contributed by atoms with Crippen LogP contribution in [0.5, 0.6) is 0 Å². The fourth-order valence-electron chi connectivity index (χ4n) is 2.76. The highest BCUT2D eigenvalue weighted by molar-refractivity contribution is 5.70. The second-order valence-electron chi connectivity index (χ2n) is 6.01. The van der Waals surface area contributed by atoms with Gasteiger partial charge in [0.25, 0.3) is 0 Å². The molecule has 0 bridgehead atoms. The average Bonchev–Trinajstić information content (AvgIpc) is 2.52. The Labute approximate surface area is 132 Å². The van der Waals surface area contributed by atoms with Gasteiger partial charge in [-0.2, -0.15) is 0 Å². The molecule has 0 radical (unpaired) electrons. The van der Waals surface area contributed by atoms with Crippen LogP contribution in [0.1, 0.15) is 38.4 Å². The first-order chi connectivity index (χ1) is 10.5. The zero-order chi connectivity index (χ0) is 16.1. The second-order valence-corrected chi connectivity index (χ2v) is 6.01. The lowest BCUT2D eigenvalue weighted by Crippen LogP contribution is -2.37. The van der Waals surface area contributed by atoms with Crippen LogP contribution < -0.4 is 9.80 Å². The number of carboxylic acids is 1. The van der Waals surface area contributed by atoms with Crippen molar-refractivity contribution in [2.45, 2.75) is 39.5 Å². The number of carbonyl (C=O) groups is 1. The summed E-state index contributed by atoms with van der Waals surface area (Å²) in [6.07, 6.45) is 3.65. The Morgan fingerprint density at radius 3 is 2.68 bits per heavy atom. The Morgan fingerprint density at radius 1 is 1.41 bits per heavy atom. The largest absolute Gasteiger partial charge is 0.481 e. The van der Waals surface area contributed by atoms with E-state index < -0.39 is 5.97 Å². The third-order valence-corrected chi connectivity index (χ3v) is 4.22. The van der Waals surface area contributed by atoms with Gasteiger partial charge in [-0.1, -0.05) is 13.3 Å². The minimum atomic E-state index is -0.682. The zero-order valence-corrected chi connectivity index (χ0v) is 13.7. The summed E-state index contributed by atoms with van der Waals surface area (Å²) < 4.78 is 0. The maximum absolute atomic E-state index is 11.0. The van der Waals surface area contributed by atoms with E-state index in [0.29, 0.717) is 12.8 Å². The Kier molecular flexibility index (Phi) is 5.57. The van der Waals surface area contributed by atoms with E-state index >= 15 is 0 Å². The summed E-state index contributed by atoms with van der Waals surface area (Å²) in [5.41, 5.74) is 0. The van der Waals surface area contributed by atoms with E-state index in [1.807, 2.05) is 13.0 Å². The van der Waals surface area contributed by atoms with Crippen LogP contribution in [-0.4, -0.2) is 47.7 Å². The van der Waals surface area contributed by atoms with Gasteiger partial charge >= 0.3 is 5.97 Å². The van der Waals surface area contributed by atoms with Gasteiger partial charge in [0.05, 0.1) is 5.92 Å². The molecule has 0 aromatic carbocycles. The van der Waals surface area contributed by atoms with Crippen LogP contribution in [0.3, 0.4) is 0 Å². The summed E-state index contributed by atoms with van der Waals surface area (Å²) in [6, 6.07) is 2.02. The molecule has 1 aliphatic heterocycles. The molecule has 0 atom stereocenters. The molecule has 1 fully saturated rings. The van der Waals surface area contributed by atoms with Crippen molar-refractivity contribution in [1.82, 2.24) is 9.97 Å². The highest BCUT2D eigenvalue weighted by Gasteiger charge is 2.25. The molecule has 2 heterocycles. The van der Waals surface area contributed by atoms with E-state index in [1.54, 1.807) is 0 Å². The Hall–Kier alpha value is -1.85. The van der Waals surface area contributed by atoms with Gasteiger partial charge in [0, 0.05) is 32.7 Å².